The second-order valence-corrected chi connectivity index (χ2v) is 8.56. The van der Waals surface area contributed by atoms with Crippen molar-refractivity contribution < 1.29 is 13.3 Å². The molecule has 0 bridgehead atoms. The molecule has 0 radical (unpaired) electrons. The molecular weight excluding hydrogens is 312 g/mol. The highest BCUT2D eigenvalue weighted by atomic mass is 32.1. The molecular formula is C17H40O3SSi. The number of hydrogen-bond donors (Lipinski definition) is 1. The molecule has 0 aliphatic carbocycles. The van der Waals surface area contributed by atoms with Crippen LogP contribution in [0, 0.1) is 0 Å². The molecule has 0 amide bonds. The Morgan fingerprint density at radius 3 is 1.50 bits per heavy atom. The molecule has 0 saturated carbocycles. The van der Waals surface area contributed by atoms with Crippen LogP contribution < -0.4 is 0 Å². The van der Waals surface area contributed by atoms with E-state index in [9.17, 15) is 0 Å². The predicted octanol–water partition coefficient (Wildman–Crippen LogP) is 5.72. The van der Waals surface area contributed by atoms with E-state index in [1.54, 1.807) is 0 Å². The van der Waals surface area contributed by atoms with Crippen molar-refractivity contribution in [2.24, 2.45) is 0 Å². The van der Waals surface area contributed by atoms with Crippen molar-refractivity contribution in [3.05, 3.63) is 0 Å². The Kier molecular flexibility index (Phi) is 20.0. The van der Waals surface area contributed by atoms with E-state index in [1.165, 1.54) is 25.7 Å². The Balaban J connectivity index is 0. The first-order chi connectivity index (χ1) is 10.6. The van der Waals surface area contributed by atoms with Crippen molar-refractivity contribution in [1.82, 2.24) is 0 Å². The van der Waals surface area contributed by atoms with Gasteiger partial charge in [0, 0.05) is 25.4 Å². The standard InChI is InChI=1S/C14H32O3Si.C3H8S/c1-6-11-12-13-14(7-2)18(15-8-3,16-9-4)17-10-5;1-2-3-4/h14H,6-13H2,1-5H3;4H,2-3H2,1H3. The van der Waals surface area contributed by atoms with E-state index in [2.05, 4.69) is 33.4 Å². The van der Waals surface area contributed by atoms with Crippen LogP contribution in [0.15, 0.2) is 0 Å². The molecule has 3 nitrogen and oxygen atoms in total. The Labute approximate surface area is 146 Å². The number of thiol groups is 1. The van der Waals surface area contributed by atoms with Crippen LogP contribution in [0.5, 0.6) is 0 Å². The van der Waals surface area contributed by atoms with Gasteiger partial charge in [-0.05, 0) is 45.8 Å². The summed E-state index contributed by atoms with van der Waals surface area (Å²) in [5.74, 6) is 1.01. The van der Waals surface area contributed by atoms with Gasteiger partial charge in [0.1, 0.15) is 0 Å². The summed E-state index contributed by atoms with van der Waals surface area (Å²) in [4.78, 5) is 0. The molecule has 0 aliphatic heterocycles. The molecule has 0 aromatic carbocycles. The normalized spacial score (nSPS) is 12.7. The summed E-state index contributed by atoms with van der Waals surface area (Å²) < 4.78 is 18.0. The summed E-state index contributed by atoms with van der Waals surface area (Å²) in [5.41, 5.74) is 0.448. The lowest BCUT2D eigenvalue weighted by Crippen LogP contribution is -2.50. The number of hydrogen-bond acceptors (Lipinski definition) is 4. The Hall–Kier alpha value is 0.447. The summed E-state index contributed by atoms with van der Waals surface area (Å²) in [6.45, 7) is 14.7. The van der Waals surface area contributed by atoms with Gasteiger partial charge in [0.05, 0.1) is 0 Å². The minimum Gasteiger partial charge on any atom is -0.374 e. The largest absolute Gasteiger partial charge is 0.504 e. The SMILES string of the molecule is CCCCCC(CC)[Si](OCC)(OCC)OCC.CCCS. The third-order valence-electron chi connectivity index (χ3n) is 3.41. The molecule has 1 atom stereocenters. The average Bonchev–Trinajstić information content (AvgIpc) is 2.52. The average molecular weight is 353 g/mol. The fourth-order valence-corrected chi connectivity index (χ4v) is 5.58. The highest BCUT2D eigenvalue weighted by Crippen LogP contribution is 2.33. The fourth-order valence-electron chi connectivity index (χ4n) is 2.35. The van der Waals surface area contributed by atoms with Crippen molar-refractivity contribution in [1.29, 1.82) is 0 Å². The van der Waals surface area contributed by atoms with E-state index in [4.69, 9.17) is 13.3 Å². The van der Waals surface area contributed by atoms with E-state index >= 15 is 0 Å². The van der Waals surface area contributed by atoms with Gasteiger partial charge in [-0.1, -0.05) is 40.0 Å². The van der Waals surface area contributed by atoms with Gasteiger partial charge in [0.2, 0.25) is 0 Å². The summed E-state index contributed by atoms with van der Waals surface area (Å²) in [6, 6.07) is 0. The minimum absolute atomic E-state index is 0.448. The summed E-state index contributed by atoms with van der Waals surface area (Å²) in [7, 11) is -2.47. The molecule has 0 N–H and O–H groups in total. The first-order valence-corrected chi connectivity index (χ1v) is 11.6. The topological polar surface area (TPSA) is 27.7 Å². The van der Waals surface area contributed by atoms with Crippen LogP contribution in [0.4, 0.5) is 0 Å². The lowest BCUT2D eigenvalue weighted by Gasteiger charge is -2.35. The predicted molar refractivity (Wildman–Crippen MR) is 103 cm³/mol. The molecule has 0 saturated heterocycles. The number of rotatable bonds is 13. The molecule has 0 aromatic rings. The smallest absolute Gasteiger partial charge is 0.374 e. The summed E-state index contributed by atoms with van der Waals surface area (Å²) in [5, 5.41) is 0. The molecule has 0 aromatic heterocycles. The highest BCUT2D eigenvalue weighted by Gasteiger charge is 2.47. The van der Waals surface area contributed by atoms with Crippen LogP contribution in [-0.2, 0) is 13.3 Å². The van der Waals surface area contributed by atoms with Gasteiger partial charge in [-0.2, -0.15) is 12.6 Å². The van der Waals surface area contributed by atoms with Crippen LogP contribution in [0.3, 0.4) is 0 Å². The maximum absolute atomic E-state index is 5.99. The van der Waals surface area contributed by atoms with Gasteiger partial charge in [-0.15, -0.1) is 0 Å². The van der Waals surface area contributed by atoms with Gasteiger partial charge in [-0.25, -0.2) is 0 Å². The van der Waals surface area contributed by atoms with Gasteiger partial charge in [-0.3, -0.25) is 0 Å². The molecule has 136 valence electrons. The van der Waals surface area contributed by atoms with Gasteiger partial charge < -0.3 is 13.3 Å². The van der Waals surface area contributed by atoms with Crippen molar-refractivity contribution in [2.75, 3.05) is 25.6 Å². The van der Waals surface area contributed by atoms with Crippen LogP contribution >= 0.6 is 12.6 Å². The molecule has 0 rings (SSSR count). The molecule has 1 unspecified atom stereocenters. The lowest BCUT2D eigenvalue weighted by molar-refractivity contribution is 0.0588. The van der Waals surface area contributed by atoms with Gasteiger partial charge >= 0.3 is 8.80 Å². The van der Waals surface area contributed by atoms with E-state index in [-0.39, 0.29) is 0 Å². The quantitative estimate of drug-likeness (QED) is 0.261. The minimum atomic E-state index is -2.47. The maximum atomic E-state index is 5.99. The molecule has 0 fully saturated rings. The maximum Gasteiger partial charge on any atom is 0.504 e. The summed E-state index contributed by atoms with van der Waals surface area (Å²) in [6.07, 6.45) is 7.21. The first kappa shape index (κ1) is 24.7. The van der Waals surface area contributed by atoms with Crippen LogP contribution in [0.1, 0.15) is 80.1 Å². The Morgan fingerprint density at radius 1 is 0.773 bits per heavy atom. The van der Waals surface area contributed by atoms with Gasteiger partial charge in [0.25, 0.3) is 0 Å². The lowest BCUT2D eigenvalue weighted by atomic mass is 10.1. The Morgan fingerprint density at radius 2 is 1.23 bits per heavy atom. The molecule has 22 heavy (non-hydrogen) atoms. The molecule has 5 heteroatoms. The zero-order valence-corrected chi connectivity index (χ0v) is 17.7. The van der Waals surface area contributed by atoms with E-state index < -0.39 is 8.80 Å². The highest BCUT2D eigenvalue weighted by molar-refractivity contribution is 7.80. The second kappa shape index (κ2) is 17.8. The van der Waals surface area contributed by atoms with Crippen LogP contribution in [0.25, 0.3) is 0 Å². The zero-order valence-electron chi connectivity index (χ0n) is 15.8. The van der Waals surface area contributed by atoms with E-state index in [0.717, 1.165) is 18.6 Å². The number of unbranched alkanes of at least 4 members (excludes halogenated alkanes) is 2. The molecule has 0 spiro atoms. The zero-order chi connectivity index (χ0) is 17.3. The molecule has 0 heterocycles. The second-order valence-electron chi connectivity index (χ2n) is 5.23. The monoisotopic (exact) mass is 352 g/mol. The summed E-state index contributed by atoms with van der Waals surface area (Å²) >= 11 is 3.92. The van der Waals surface area contributed by atoms with Crippen molar-refractivity contribution in [3.63, 3.8) is 0 Å². The van der Waals surface area contributed by atoms with Crippen molar-refractivity contribution >= 4 is 21.4 Å². The fraction of sp³-hybridized carbons (Fsp3) is 1.00. The Bertz CT molecular complexity index is 199. The third kappa shape index (κ3) is 11.1. The van der Waals surface area contributed by atoms with Crippen LogP contribution in [-0.4, -0.2) is 34.4 Å². The molecule has 0 aliphatic rings. The van der Waals surface area contributed by atoms with Crippen molar-refractivity contribution in [3.8, 4) is 0 Å². The third-order valence-corrected chi connectivity index (χ3v) is 7.63. The first-order valence-electron chi connectivity index (χ1n) is 9.14. The van der Waals surface area contributed by atoms with E-state index in [0.29, 0.717) is 25.4 Å². The van der Waals surface area contributed by atoms with E-state index in [1.807, 2.05) is 20.8 Å². The van der Waals surface area contributed by atoms with Crippen molar-refractivity contribution in [2.45, 2.75) is 85.6 Å². The van der Waals surface area contributed by atoms with Crippen LogP contribution in [0.2, 0.25) is 5.54 Å². The van der Waals surface area contributed by atoms with Gasteiger partial charge in [0.15, 0.2) is 0 Å².